The van der Waals surface area contributed by atoms with E-state index < -0.39 is 29.2 Å². The van der Waals surface area contributed by atoms with Crippen molar-refractivity contribution >= 4 is 58.2 Å². The molecule has 7 nitrogen and oxygen atoms in total. The number of aromatic amines is 1. The molecule has 0 fully saturated rings. The molecule has 4 aromatic rings. The highest BCUT2D eigenvalue weighted by atomic mass is 35.5. The van der Waals surface area contributed by atoms with Crippen LogP contribution in [-0.2, 0) is 17.0 Å². The molecule has 1 atom stereocenters. The standard InChI is InChI=1S/C19H15BCl2F3N6OS2/c1-33-11-5-3-10(4-6-11)20-27-18(28-30-20)14-16(34(2)32)17(26)31(29-14)15-12(21)7-9(8-13(15)22)19(23,24)25/h3-8,30H,26H2,1-2H3/q-1. The van der Waals surface area contributed by atoms with E-state index in [1.54, 1.807) is 11.8 Å². The fourth-order valence-electron chi connectivity index (χ4n) is 3.30. The number of nitrogen functional groups attached to an aromatic ring is 1. The van der Waals surface area contributed by atoms with Crippen LogP contribution in [0, 0.1) is 0 Å². The van der Waals surface area contributed by atoms with Crippen molar-refractivity contribution in [3.8, 4) is 22.7 Å². The third kappa shape index (κ3) is 4.61. The Balaban J connectivity index is 1.83. The lowest BCUT2D eigenvalue weighted by Gasteiger charge is -2.13. The number of nitrogens with zero attached hydrogens (tertiary/aromatic N) is 4. The van der Waals surface area contributed by atoms with Gasteiger partial charge in [-0.15, -0.1) is 11.8 Å². The molecule has 0 saturated heterocycles. The summed E-state index contributed by atoms with van der Waals surface area (Å²) < 4.78 is 52.9. The van der Waals surface area contributed by atoms with Gasteiger partial charge in [-0.2, -0.15) is 23.7 Å². The fourth-order valence-corrected chi connectivity index (χ4v) is 5.14. The minimum atomic E-state index is -4.64. The molecule has 3 N–H and O–H groups in total. The monoisotopic (exact) mass is 545 g/mol. The second-order valence-electron chi connectivity index (χ2n) is 7.08. The van der Waals surface area contributed by atoms with Gasteiger partial charge in [-0.25, -0.2) is 9.78 Å². The highest BCUT2D eigenvalue weighted by molar-refractivity contribution is 7.98. The molecule has 34 heavy (non-hydrogen) atoms. The molecule has 0 bridgehead atoms. The molecular formula is C19H15BCl2F3N6OS2-. The van der Waals surface area contributed by atoms with E-state index in [-0.39, 0.29) is 38.0 Å². The maximum absolute atomic E-state index is 13.1. The number of halogens is 5. The predicted molar refractivity (Wildman–Crippen MR) is 130 cm³/mol. The molecule has 2 aromatic heterocycles. The number of nitrogens with two attached hydrogens (primary N) is 1. The van der Waals surface area contributed by atoms with Crippen LogP contribution in [0.2, 0.25) is 10.0 Å². The number of H-pyrrole nitrogens is 1. The summed E-state index contributed by atoms with van der Waals surface area (Å²) in [6.45, 7) is -0.506. The first kappa shape index (κ1) is 24.8. The first-order valence-corrected chi connectivity index (χ1v) is 13.0. The molecule has 1 unspecified atom stereocenters. The van der Waals surface area contributed by atoms with Crippen molar-refractivity contribution in [3.05, 3.63) is 52.0 Å². The Morgan fingerprint density at radius 2 is 1.79 bits per heavy atom. The van der Waals surface area contributed by atoms with Gasteiger partial charge in [0.1, 0.15) is 34.5 Å². The van der Waals surface area contributed by atoms with Crippen LogP contribution in [0.5, 0.6) is 0 Å². The Hall–Kier alpha value is -2.35. The van der Waals surface area contributed by atoms with E-state index in [0.717, 1.165) is 27.2 Å². The predicted octanol–water partition coefficient (Wildman–Crippen LogP) is 5.04. The Kier molecular flexibility index (Phi) is 6.82. The maximum Gasteiger partial charge on any atom is 0.416 e. The molecule has 0 aliphatic carbocycles. The number of aromatic nitrogens is 5. The van der Waals surface area contributed by atoms with Gasteiger partial charge in [0.05, 0.1) is 26.4 Å². The summed E-state index contributed by atoms with van der Waals surface area (Å²) in [5.74, 6) is 0.0267. The number of hydrogen-bond acceptors (Lipinski definition) is 6. The van der Waals surface area contributed by atoms with Gasteiger partial charge in [0.2, 0.25) is 0 Å². The SMILES string of the molecule is CSc1ccc(-[b-]2nc(-c3nn(-c4c(Cl)cc(C(F)(F)F)cc4Cl)c(N)c3S(C)=O)n[nH]2)cc1. The second-order valence-corrected chi connectivity index (χ2v) is 10.1. The summed E-state index contributed by atoms with van der Waals surface area (Å²) in [7, 11) is -1.64. The maximum atomic E-state index is 13.1. The number of thioether (sulfide) groups is 1. The van der Waals surface area contributed by atoms with Gasteiger partial charge in [-0.3, -0.25) is 4.21 Å². The number of alkyl halides is 3. The molecular weight excluding hydrogens is 531 g/mol. The zero-order valence-electron chi connectivity index (χ0n) is 17.5. The lowest BCUT2D eigenvalue weighted by molar-refractivity contribution is -0.137. The molecule has 0 aliphatic heterocycles. The number of anilines is 1. The van der Waals surface area contributed by atoms with E-state index >= 15 is 0 Å². The molecule has 2 heterocycles. The summed E-state index contributed by atoms with van der Waals surface area (Å²) >= 11 is 13.9. The van der Waals surface area contributed by atoms with Gasteiger partial charge in [0.15, 0.2) is 0 Å². The fraction of sp³-hybridized carbons (Fsp3) is 0.158. The van der Waals surface area contributed by atoms with Gasteiger partial charge in [0, 0.05) is 11.2 Å². The molecule has 0 aliphatic rings. The van der Waals surface area contributed by atoms with E-state index in [0.29, 0.717) is 0 Å². The third-order valence-electron chi connectivity index (χ3n) is 4.91. The van der Waals surface area contributed by atoms with E-state index in [1.165, 1.54) is 6.26 Å². The Morgan fingerprint density at radius 3 is 2.32 bits per heavy atom. The van der Waals surface area contributed by atoms with Gasteiger partial charge < -0.3 is 15.6 Å². The Bertz CT molecular complexity index is 1390. The Labute approximate surface area is 208 Å². The first-order valence-electron chi connectivity index (χ1n) is 9.48. The molecule has 0 spiro atoms. The van der Waals surface area contributed by atoms with Crippen molar-refractivity contribution in [1.82, 2.24) is 24.8 Å². The van der Waals surface area contributed by atoms with Crippen molar-refractivity contribution in [2.75, 3.05) is 18.2 Å². The van der Waals surface area contributed by atoms with Crippen LogP contribution < -0.4 is 5.73 Å². The van der Waals surface area contributed by atoms with Crippen molar-refractivity contribution in [2.24, 2.45) is 0 Å². The highest BCUT2D eigenvalue weighted by Gasteiger charge is 2.33. The van der Waals surface area contributed by atoms with E-state index in [2.05, 4.69) is 20.1 Å². The van der Waals surface area contributed by atoms with Crippen LogP contribution in [-0.4, -0.2) is 48.1 Å². The highest BCUT2D eigenvalue weighted by Crippen LogP contribution is 2.40. The second kappa shape index (κ2) is 9.36. The van der Waals surface area contributed by atoms with Crippen molar-refractivity contribution in [3.63, 3.8) is 0 Å². The third-order valence-corrected chi connectivity index (χ3v) is 7.20. The zero-order chi connectivity index (χ0) is 24.8. The largest absolute Gasteiger partial charge is 0.470 e. The van der Waals surface area contributed by atoms with E-state index in [1.807, 2.05) is 30.5 Å². The van der Waals surface area contributed by atoms with Crippen molar-refractivity contribution in [2.45, 2.75) is 16.0 Å². The van der Waals surface area contributed by atoms with Crippen LogP contribution in [0.1, 0.15) is 5.56 Å². The topological polar surface area (TPSA) is 102 Å². The number of nitrogens with one attached hydrogen (secondary N) is 1. The molecule has 15 heteroatoms. The lowest BCUT2D eigenvalue weighted by Crippen LogP contribution is -2.09. The minimum absolute atomic E-state index is 0.0810. The van der Waals surface area contributed by atoms with Crippen molar-refractivity contribution in [1.29, 1.82) is 0 Å². The van der Waals surface area contributed by atoms with Crippen LogP contribution in [0.25, 0.3) is 22.7 Å². The quantitative estimate of drug-likeness (QED) is 0.341. The van der Waals surface area contributed by atoms with Crippen LogP contribution in [0.4, 0.5) is 19.0 Å². The molecule has 4 rings (SSSR count). The summed E-state index contributed by atoms with van der Waals surface area (Å²) in [4.78, 5) is 5.71. The Morgan fingerprint density at radius 1 is 1.18 bits per heavy atom. The van der Waals surface area contributed by atoms with Gasteiger partial charge in [0.25, 0.3) is 0 Å². The molecule has 0 radical (unpaired) electrons. The average molecular weight is 546 g/mol. The molecule has 0 saturated carbocycles. The number of benzene rings is 2. The average Bonchev–Trinajstić information content (AvgIpc) is 3.38. The summed E-state index contributed by atoms with van der Waals surface area (Å²) in [5.41, 5.74) is 6.03. The first-order chi connectivity index (χ1) is 16.0. The van der Waals surface area contributed by atoms with Gasteiger partial charge in [-0.1, -0.05) is 47.5 Å². The van der Waals surface area contributed by atoms with Gasteiger partial charge in [-0.05, 0) is 18.4 Å². The minimum Gasteiger partial charge on any atom is -0.470 e. The number of rotatable bonds is 5. The smallest absolute Gasteiger partial charge is 0.416 e. The molecule has 0 amide bonds. The summed E-state index contributed by atoms with van der Waals surface area (Å²) in [6.07, 6.45) is -1.29. The van der Waals surface area contributed by atoms with Crippen LogP contribution in [0.15, 0.2) is 46.2 Å². The normalized spacial score (nSPS) is 12.8. The lowest BCUT2D eigenvalue weighted by atomic mass is 9.80. The zero-order valence-corrected chi connectivity index (χ0v) is 20.7. The summed E-state index contributed by atoms with van der Waals surface area (Å²) in [6, 6.07) is 9.14. The number of hydrogen-bond donors (Lipinski definition) is 2. The van der Waals surface area contributed by atoms with E-state index in [9.17, 15) is 17.4 Å². The van der Waals surface area contributed by atoms with E-state index in [4.69, 9.17) is 28.9 Å². The molecule has 178 valence electrons. The summed E-state index contributed by atoms with van der Waals surface area (Å²) in [5, 5.41) is 10.8. The van der Waals surface area contributed by atoms with Crippen LogP contribution in [0.3, 0.4) is 0 Å². The van der Waals surface area contributed by atoms with Crippen molar-refractivity contribution < 1.29 is 17.4 Å². The van der Waals surface area contributed by atoms with Gasteiger partial charge >= 0.3 is 6.18 Å². The van der Waals surface area contributed by atoms with Crippen LogP contribution >= 0.6 is 35.0 Å². The molecule has 2 aromatic carbocycles.